The van der Waals surface area contributed by atoms with Crippen LogP contribution in [0.3, 0.4) is 0 Å². The third-order valence-corrected chi connectivity index (χ3v) is 2.10. The molecule has 0 aliphatic carbocycles. The van der Waals surface area contributed by atoms with Crippen molar-refractivity contribution < 1.29 is 4.79 Å². The highest BCUT2D eigenvalue weighted by atomic mass is 35.5. The van der Waals surface area contributed by atoms with Gasteiger partial charge in [-0.2, -0.15) is 0 Å². The molecule has 0 saturated carbocycles. The largest absolute Gasteiger partial charge is 0.314 e. The van der Waals surface area contributed by atoms with E-state index in [0.29, 0.717) is 30.0 Å². The minimum Gasteiger partial charge on any atom is -0.314 e. The number of carbonyl (C=O) groups is 1. The molecular formula is C11H16ClN3O. The van der Waals surface area contributed by atoms with Gasteiger partial charge in [0.1, 0.15) is 11.0 Å². The molecule has 0 radical (unpaired) electrons. The zero-order valence-electron chi connectivity index (χ0n) is 9.46. The molecule has 0 aromatic carbocycles. The monoisotopic (exact) mass is 241 g/mol. The normalized spacial score (nSPS) is 10.5. The fraction of sp³-hybridized carbons (Fsp3) is 0.455. The van der Waals surface area contributed by atoms with Crippen LogP contribution in [0.15, 0.2) is 18.2 Å². The van der Waals surface area contributed by atoms with Gasteiger partial charge in [0, 0.05) is 19.0 Å². The Balaban J connectivity index is 2.34. The van der Waals surface area contributed by atoms with Crippen LogP contribution in [0.4, 0.5) is 5.82 Å². The van der Waals surface area contributed by atoms with Crippen molar-refractivity contribution in [2.45, 2.75) is 26.3 Å². The van der Waals surface area contributed by atoms with Gasteiger partial charge in [-0.05, 0) is 12.1 Å². The second kappa shape index (κ2) is 6.45. The van der Waals surface area contributed by atoms with Gasteiger partial charge in [-0.25, -0.2) is 4.98 Å². The van der Waals surface area contributed by atoms with Crippen LogP contribution in [0.1, 0.15) is 20.3 Å². The first-order chi connectivity index (χ1) is 7.58. The Bertz CT molecular complexity index is 355. The summed E-state index contributed by atoms with van der Waals surface area (Å²) in [5.74, 6) is 0.421. The number of nitrogens with one attached hydrogen (secondary N) is 2. The molecule has 0 saturated heterocycles. The molecular weight excluding hydrogens is 226 g/mol. The highest BCUT2D eigenvalue weighted by molar-refractivity contribution is 6.29. The molecule has 0 aliphatic rings. The Morgan fingerprint density at radius 2 is 2.25 bits per heavy atom. The predicted molar refractivity (Wildman–Crippen MR) is 65.6 cm³/mol. The lowest BCUT2D eigenvalue weighted by molar-refractivity contribution is -0.116. The standard InChI is InChI=1S/C11H16ClN3O/c1-8(2)13-7-6-11(16)15-10-5-3-4-9(12)14-10/h3-5,8,13H,6-7H2,1-2H3,(H,14,15,16). The number of carbonyl (C=O) groups excluding carboxylic acids is 1. The van der Waals surface area contributed by atoms with E-state index in [-0.39, 0.29) is 5.91 Å². The summed E-state index contributed by atoms with van der Waals surface area (Å²) >= 11 is 5.70. The molecule has 88 valence electrons. The third-order valence-electron chi connectivity index (χ3n) is 1.89. The lowest BCUT2D eigenvalue weighted by Crippen LogP contribution is -2.27. The number of anilines is 1. The van der Waals surface area contributed by atoms with E-state index in [1.54, 1.807) is 18.2 Å². The molecule has 5 heteroatoms. The number of halogens is 1. The SMILES string of the molecule is CC(C)NCCC(=O)Nc1cccc(Cl)n1. The average molecular weight is 242 g/mol. The quantitative estimate of drug-likeness (QED) is 0.776. The highest BCUT2D eigenvalue weighted by Gasteiger charge is 2.03. The topological polar surface area (TPSA) is 54.0 Å². The molecule has 0 aliphatic heterocycles. The summed E-state index contributed by atoms with van der Waals surface area (Å²) in [6.07, 6.45) is 0.423. The summed E-state index contributed by atoms with van der Waals surface area (Å²) in [5.41, 5.74) is 0. The van der Waals surface area contributed by atoms with E-state index in [2.05, 4.69) is 15.6 Å². The first-order valence-corrected chi connectivity index (χ1v) is 5.61. The first kappa shape index (κ1) is 12.9. The van der Waals surface area contributed by atoms with Crippen LogP contribution in [0.5, 0.6) is 0 Å². The lowest BCUT2D eigenvalue weighted by atomic mass is 10.3. The second-order valence-corrected chi connectivity index (χ2v) is 4.14. The maximum Gasteiger partial charge on any atom is 0.226 e. The van der Waals surface area contributed by atoms with E-state index >= 15 is 0 Å². The molecule has 0 spiro atoms. The Hall–Kier alpha value is -1.13. The van der Waals surface area contributed by atoms with E-state index in [0.717, 1.165) is 0 Å². The van der Waals surface area contributed by atoms with Gasteiger partial charge in [-0.3, -0.25) is 4.79 Å². The number of rotatable bonds is 5. The molecule has 1 aromatic heterocycles. The highest BCUT2D eigenvalue weighted by Crippen LogP contribution is 2.09. The lowest BCUT2D eigenvalue weighted by Gasteiger charge is -2.08. The van der Waals surface area contributed by atoms with Crippen molar-refractivity contribution in [3.63, 3.8) is 0 Å². The Kier molecular flexibility index (Phi) is 5.22. The average Bonchev–Trinajstić information content (AvgIpc) is 2.16. The summed E-state index contributed by atoms with van der Waals surface area (Å²) in [6.45, 7) is 4.73. The van der Waals surface area contributed by atoms with Crippen LogP contribution in [0.25, 0.3) is 0 Å². The second-order valence-electron chi connectivity index (χ2n) is 3.75. The molecule has 1 heterocycles. The van der Waals surface area contributed by atoms with Gasteiger partial charge in [0.15, 0.2) is 0 Å². The fourth-order valence-corrected chi connectivity index (χ4v) is 1.32. The van der Waals surface area contributed by atoms with Crippen LogP contribution in [-0.2, 0) is 4.79 Å². The van der Waals surface area contributed by atoms with Crippen molar-refractivity contribution in [3.05, 3.63) is 23.4 Å². The molecule has 0 bridgehead atoms. The minimum atomic E-state index is -0.0667. The number of hydrogen-bond donors (Lipinski definition) is 2. The van der Waals surface area contributed by atoms with Crippen LogP contribution in [-0.4, -0.2) is 23.5 Å². The van der Waals surface area contributed by atoms with Gasteiger partial charge in [-0.15, -0.1) is 0 Å². The Labute approximate surface area is 100 Å². The summed E-state index contributed by atoms with van der Waals surface area (Å²) in [6, 6.07) is 5.51. The number of amides is 1. The van der Waals surface area contributed by atoms with Gasteiger partial charge >= 0.3 is 0 Å². The molecule has 0 atom stereocenters. The van der Waals surface area contributed by atoms with E-state index in [4.69, 9.17) is 11.6 Å². The first-order valence-electron chi connectivity index (χ1n) is 5.23. The number of aromatic nitrogens is 1. The van der Waals surface area contributed by atoms with Crippen molar-refractivity contribution in [1.29, 1.82) is 0 Å². The van der Waals surface area contributed by atoms with Crippen molar-refractivity contribution in [2.75, 3.05) is 11.9 Å². The summed E-state index contributed by atoms with van der Waals surface area (Å²) < 4.78 is 0. The zero-order valence-corrected chi connectivity index (χ0v) is 10.2. The van der Waals surface area contributed by atoms with Crippen molar-refractivity contribution >= 4 is 23.3 Å². The van der Waals surface area contributed by atoms with Crippen LogP contribution >= 0.6 is 11.6 Å². The van der Waals surface area contributed by atoms with Gasteiger partial charge in [0.05, 0.1) is 0 Å². The van der Waals surface area contributed by atoms with Crippen LogP contribution < -0.4 is 10.6 Å². The van der Waals surface area contributed by atoms with Gasteiger partial charge in [0.25, 0.3) is 0 Å². The van der Waals surface area contributed by atoms with Gasteiger partial charge < -0.3 is 10.6 Å². The van der Waals surface area contributed by atoms with Crippen molar-refractivity contribution in [3.8, 4) is 0 Å². The molecule has 0 fully saturated rings. The van der Waals surface area contributed by atoms with E-state index < -0.39 is 0 Å². The van der Waals surface area contributed by atoms with E-state index in [9.17, 15) is 4.79 Å². The molecule has 0 unspecified atom stereocenters. The van der Waals surface area contributed by atoms with Crippen LogP contribution in [0, 0.1) is 0 Å². The molecule has 1 amide bonds. The maximum absolute atomic E-state index is 11.5. The summed E-state index contributed by atoms with van der Waals surface area (Å²) in [4.78, 5) is 15.4. The molecule has 16 heavy (non-hydrogen) atoms. The van der Waals surface area contributed by atoms with Crippen molar-refractivity contribution in [2.24, 2.45) is 0 Å². The summed E-state index contributed by atoms with van der Waals surface area (Å²) in [5, 5.41) is 6.22. The summed E-state index contributed by atoms with van der Waals surface area (Å²) in [7, 11) is 0. The van der Waals surface area contributed by atoms with Crippen LogP contribution in [0.2, 0.25) is 5.15 Å². The number of nitrogens with zero attached hydrogens (tertiary/aromatic N) is 1. The molecule has 2 N–H and O–H groups in total. The predicted octanol–water partition coefficient (Wildman–Crippen LogP) is 2.06. The van der Waals surface area contributed by atoms with Gasteiger partial charge in [-0.1, -0.05) is 31.5 Å². The maximum atomic E-state index is 11.5. The van der Waals surface area contributed by atoms with Crippen molar-refractivity contribution in [1.82, 2.24) is 10.3 Å². The van der Waals surface area contributed by atoms with Gasteiger partial charge in [0.2, 0.25) is 5.91 Å². The fourth-order valence-electron chi connectivity index (χ4n) is 1.16. The smallest absolute Gasteiger partial charge is 0.226 e. The van der Waals surface area contributed by atoms with E-state index in [1.807, 2.05) is 13.8 Å². The Morgan fingerprint density at radius 1 is 1.50 bits per heavy atom. The molecule has 1 rings (SSSR count). The molecule has 1 aromatic rings. The Morgan fingerprint density at radius 3 is 2.88 bits per heavy atom. The zero-order chi connectivity index (χ0) is 12.0. The third kappa shape index (κ3) is 5.09. The number of hydrogen-bond acceptors (Lipinski definition) is 3. The molecule has 4 nitrogen and oxygen atoms in total. The number of pyridine rings is 1. The van der Waals surface area contributed by atoms with E-state index in [1.165, 1.54) is 0 Å². The minimum absolute atomic E-state index is 0.0667.